The summed E-state index contributed by atoms with van der Waals surface area (Å²) in [5.74, 6) is 0.134. The summed E-state index contributed by atoms with van der Waals surface area (Å²) < 4.78 is 28.4. The van der Waals surface area contributed by atoms with Crippen LogP contribution in [0.1, 0.15) is 18.5 Å². The Morgan fingerprint density at radius 1 is 1.19 bits per heavy atom. The number of benzene rings is 2. The highest BCUT2D eigenvalue weighted by molar-refractivity contribution is 7.89. The number of hydrogen-bond acceptors (Lipinski definition) is 4. The molecule has 0 aliphatic carbocycles. The summed E-state index contributed by atoms with van der Waals surface area (Å²) >= 11 is 11.7. The van der Waals surface area contributed by atoms with Crippen molar-refractivity contribution in [3.63, 3.8) is 0 Å². The molecule has 0 heterocycles. The van der Waals surface area contributed by atoms with Gasteiger partial charge in [0, 0.05) is 13.1 Å². The molecule has 0 radical (unpaired) electrons. The van der Waals surface area contributed by atoms with Gasteiger partial charge < -0.3 is 9.64 Å². The molecule has 1 amide bonds. The molecule has 0 spiro atoms. The summed E-state index contributed by atoms with van der Waals surface area (Å²) in [5.41, 5.74) is 0.641. The minimum absolute atomic E-state index is 0.00486. The zero-order chi connectivity index (χ0) is 19.5. The smallest absolute Gasteiger partial charge is 0.260 e. The largest absolute Gasteiger partial charge is 0.484 e. The van der Waals surface area contributed by atoms with Crippen LogP contribution in [0, 0.1) is 0 Å². The maximum atomic E-state index is 12.4. The first-order chi connectivity index (χ1) is 12.1. The fourth-order valence-corrected chi connectivity index (χ4v) is 3.06. The van der Waals surface area contributed by atoms with Crippen molar-refractivity contribution in [3.8, 4) is 5.75 Å². The molecule has 2 aromatic rings. The number of primary sulfonamides is 1. The second-order valence-electron chi connectivity index (χ2n) is 5.66. The molecule has 0 bridgehead atoms. The molecule has 0 aliphatic rings. The van der Waals surface area contributed by atoms with Crippen LogP contribution in [0.25, 0.3) is 0 Å². The van der Waals surface area contributed by atoms with Crippen molar-refractivity contribution >= 4 is 39.1 Å². The van der Waals surface area contributed by atoms with Gasteiger partial charge in [-0.25, -0.2) is 13.6 Å². The molecule has 0 aliphatic heterocycles. The van der Waals surface area contributed by atoms with Crippen molar-refractivity contribution in [2.75, 3.05) is 13.7 Å². The van der Waals surface area contributed by atoms with Gasteiger partial charge >= 0.3 is 0 Å². The second-order valence-corrected chi connectivity index (χ2v) is 8.04. The molecular formula is C17H18Cl2N2O4S. The molecule has 2 rings (SSSR count). The number of likely N-dealkylation sites (N-methyl/N-ethyl adjacent to an activating group) is 1. The Morgan fingerprint density at radius 3 is 2.50 bits per heavy atom. The van der Waals surface area contributed by atoms with E-state index < -0.39 is 10.0 Å². The number of carbonyl (C=O) groups excluding carboxylic acids is 1. The molecule has 1 unspecified atom stereocenters. The third-order valence-corrected chi connectivity index (χ3v) is 5.55. The summed E-state index contributed by atoms with van der Waals surface area (Å²) in [7, 11) is -2.20. The number of sulfonamides is 1. The molecule has 9 heteroatoms. The number of nitrogens with zero attached hydrogens (tertiary/aromatic N) is 1. The third-order valence-electron chi connectivity index (χ3n) is 3.90. The number of carbonyl (C=O) groups is 1. The molecule has 2 aromatic carbocycles. The molecular weight excluding hydrogens is 399 g/mol. The third kappa shape index (κ3) is 5.11. The highest BCUT2D eigenvalue weighted by atomic mass is 35.5. The van der Waals surface area contributed by atoms with Crippen LogP contribution in [0.3, 0.4) is 0 Å². The summed E-state index contributed by atoms with van der Waals surface area (Å²) in [4.78, 5) is 13.8. The summed E-state index contributed by atoms with van der Waals surface area (Å²) in [5, 5.41) is 5.87. The average Bonchev–Trinajstić information content (AvgIpc) is 2.60. The number of halogens is 2. The highest BCUT2D eigenvalue weighted by Gasteiger charge is 2.19. The van der Waals surface area contributed by atoms with E-state index in [1.165, 1.54) is 23.1 Å². The van der Waals surface area contributed by atoms with Crippen LogP contribution in [-0.4, -0.2) is 32.9 Å². The van der Waals surface area contributed by atoms with Crippen molar-refractivity contribution in [2.24, 2.45) is 5.14 Å². The Balaban J connectivity index is 2.06. The van der Waals surface area contributed by atoms with Gasteiger partial charge in [0.15, 0.2) is 6.61 Å². The Hall–Kier alpha value is -1.80. The van der Waals surface area contributed by atoms with Crippen molar-refractivity contribution in [1.82, 2.24) is 4.90 Å². The van der Waals surface area contributed by atoms with Crippen LogP contribution in [-0.2, 0) is 14.8 Å². The minimum atomic E-state index is -3.81. The quantitative estimate of drug-likeness (QED) is 0.782. The standard InChI is InChI=1S/C17H18Cl2N2O4S/c1-11(12-4-3-5-14(8-12)26(20,23)24)21(2)17(22)10-25-13-6-7-15(18)16(19)9-13/h3-9,11H,10H2,1-2H3,(H2,20,23,24). The molecule has 6 nitrogen and oxygen atoms in total. The first-order valence-electron chi connectivity index (χ1n) is 7.56. The second kappa shape index (κ2) is 8.26. The SMILES string of the molecule is CC(c1cccc(S(N)(=O)=O)c1)N(C)C(=O)COc1ccc(Cl)c(Cl)c1. The van der Waals surface area contributed by atoms with Gasteiger partial charge in [-0.3, -0.25) is 4.79 Å². The number of nitrogens with two attached hydrogens (primary N) is 1. The normalized spacial score (nSPS) is 12.5. The Kier molecular flexibility index (Phi) is 6.52. The minimum Gasteiger partial charge on any atom is -0.484 e. The fourth-order valence-electron chi connectivity index (χ4n) is 2.20. The topological polar surface area (TPSA) is 89.7 Å². The van der Waals surface area contributed by atoms with Crippen LogP contribution in [0.5, 0.6) is 5.75 Å². The van der Waals surface area contributed by atoms with E-state index >= 15 is 0 Å². The summed E-state index contributed by atoms with van der Waals surface area (Å²) in [6.07, 6.45) is 0. The molecule has 2 N–H and O–H groups in total. The van der Waals surface area contributed by atoms with Gasteiger partial charge in [0.2, 0.25) is 10.0 Å². The molecule has 1 atom stereocenters. The first-order valence-corrected chi connectivity index (χ1v) is 9.86. The zero-order valence-electron chi connectivity index (χ0n) is 14.1. The lowest BCUT2D eigenvalue weighted by Crippen LogP contribution is -2.33. The molecule has 0 fully saturated rings. The van der Waals surface area contributed by atoms with Crippen molar-refractivity contribution in [1.29, 1.82) is 0 Å². The van der Waals surface area contributed by atoms with Gasteiger partial charge in [-0.2, -0.15) is 0 Å². The Labute approximate surface area is 162 Å². The molecule has 0 aromatic heterocycles. The summed E-state index contributed by atoms with van der Waals surface area (Å²) in [6, 6.07) is 10.5. The van der Waals surface area contributed by atoms with Crippen LogP contribution in [0.15, 0.2) is 47.4 Å². The predicted molar refractivity (Wildman–Crippen MR) is 101 cm³/mol. The van der Waals surface area contributed by atoms with Crippen molar-refractivity contribution in [3.05, 3.63) is 58.1 Å². The van der Waals surface area contributed by atoms with Gasteiger partial charge in [-0.1, -0.05) is 35.3 Å². The highest BCUT2D eigenvalue weighted by Crippen LogP contribution is 2.26. The molecule has 26 heavy (non-hydrogen) atoms. The number of rotatable bonds is 6. The molecule has 0 saturated heterocycles. The van der Waals surface area contributed by atoms with E-state index in [0.29, 0.717) is 21.4 Å². The average molecular weight is 417 g/mol. The van der Waals surface area contributed by atoms with Crippen LogP contribution < -0.4 is 9.88 Å². The van der Waals surface area contributed by atoms with Gasteiger partial charge in [0.1, 0.15) is 5.75 Å². The maximum absolute atomic E-state index is 12.4. The summed E-state index contributed by atoms with van der Waals surface area (Å²) in [6.45, 7) is 1.58. The van der Waals surface area contributed by atoms with E-state index in [2.05, 4.69) is 0 Å². The van der Waals surface area contributed by atoms with Gasteiger partial charge in [-0.15, -0.1) is 0 Å². The first kappa shape index (κ1) is 20.5. The number of amides is 1. The fraction of sp³-hybridized carbons (Fsp3) is 0.235. The number of hydrogen-bond donors (Lipinski definition) is 1. The van der Waals surface area contributed by atoms with E-state index in [4.69, 9.17) is 33.1 Å². The predicted octanol–water partition coefficient (Wildman–Crippen LogP) is 3.24. The van der Waals surface area contributed by atoms with Crippen LogP contribution in [0.2, 0.25) is 10.0 Å². The van der Waals surface area contributed by atoms with E-state index in [0.717, 1.165) is 0 Å². The van der Waals surface area contributed by atoms with Crippen molar-refractivity contribution in [2.45, 2.75) is 17.9 Å². The monoisotopic (exact) mass is 416 g/mol. The zero-order valence-corrected chi connectivity index (χ0v) is 16.5. The van der Waals surface area contributed by atoms with E-state index in [1.807, 2.05) is 0 Å². The molecule has 140 valence electrons. The van der Waals surface area contributed by atoms with Crippen LogP contribution >= 0.6 is 23.2 Å². The van der Waals surface area contributed by atoms with E-state index in [9.17, 15) is 13.2 Å². The van der Waals surface area contributed by atoms with Crippen molar-refractivity contribution < 1.29 is 17.9 Å². The van der Waals surface area contributed by atoms with E-state index in [1.54, 1.807) is 38.2 Å². The lowest BCUT2D eigenvalue weighted by Gasteiger charge is -2.25. The van der Waals surface area contributed by atoms with Gasteiger partial charge in [-0.05, 0) is 36.8 Å². The number of ether oxygens (including phenoxy) is 1. The molecule has 0 saturated carbocycles. The van der Waals surface area contributed by atoms with E-state index in [-0.39, 0.29) is 23.5 Å². The lowest BCUT2D eigenvalue weighted by atomic mass is 10.1. The van der Waals surface area contributed by atoms with Crippen LogP contribution in [0.4, 0.5) is 0 Å². The Bertz CT molecular complexity index is 919. The lowest BCUT2D eigenvalue weighted by molar-refractivity contribution is -0.134. The van der Waals surface area contributed by atoms with Gasteiger partial charge in [0.05, 0.1) is 21.0 Å². The van der Waals surface area contributed by atoms with Gasteiger partial charge in [0.25, 0.3) is 5.91 Å². The Morgan fingerprint density at radius 2 is 1.88 bits per heavy atom. The maximum Gasteiger partial charge on any atom is 0.260 e.